The third kappa shape index (κ3) is 4.59. The maximum atomic E-state index is 14.4. The van der Waals surface area contributed by atoms with Gasteiger partial charge in [-0.2, -0.15) is 0 Å². The molecule has 0 radical (unpaired) electrons. The predicted molar refractivity (Wildman–Crippen MR) is 102 cm³/mol. The normalized spacial score (nSPS) is 14.7. The fourth-order valence-electron chi connectivity index (χ4n) is 3.03. The molecule has 0 aliphatic carbocycles. The molecule has 1 heterocycles. The minimum absolute atomic E-state index is 0. The summed E-state index contributed by atoms with van der Waals surface area (Å²) in [5.41, 5.74) is 4.23. The Morgan fingerprint density at radius 2 is 1.68 bits per heavy atom. The van der Waals surface area contributed by atoms with Crippen molar-refractivity contribution in [2.75, 3.05) is 13.1 Å². The van der Waals surface area contributed by atoms with Crippen LogP contribution in [-0.4, -0.2) is 25.0 Å². The van der Waals surface area contributed by atoms with Crippen LogP contribution in [0.5, 0.6) is 0 Å². The third-order valence-electron chi connectivity index (χ3n) is 4.73. The van der Waals surface area contributed by atoms with Gasteiger partial charge in [0.2, 0.25) is 0 Å². The van der Waals surface area contributed by atoms with E-state index in [9.17, 15) is 9.18 Å². The van der Waals surface area contributed by atoms with Crippen LogP contribution < -0.4 is 10.6 Å². The monoisotopic (exact) mass is 362 g/mol. The molecule has 3 nitrogen and oxygen atoms in total. The molecular formula is C20H24ClFN2O. The molecule has 1 aliphatic rings. The fourth-order valence-corrected chi connectivity index (χ4v) is 3.03. The van der Waals surface area contributed by atoms with Crippen LogP contribution in [0.3, 0.4) is 0 Å². The van der Waals surface area contributed by atoms with Gasteiger partial charge in [0.25, 0.3) is 5.91 Å². The highest BCUT2D eigenvalue weighted by molar-refractivity contribution is 5.95. The molecule has 1 aliphatic heterocycles. The zero-order chi connectivity index (χ0) is 17.1. The van der Waals surface area contributed by atoms with Gasteiger partial charge in [0.1, 0.15) is 5.82 Å². The number of benzene rings is 2. The first kappa shape index (κ1) is 19.4. The van der Waals surface area contributed by atoms with Gasteiger partial charge < -0.3 is 10.6 Å². The van der Waals surface area contributed by atoms with E-state index in [1.807, 2.05) is 38.1 Å². The summed E-state index contributed by atoms with van der Waals surface area (Å²) in [6.45, 7) is 5.86. The van der Waals surface area contributed by atoms with E-state index in [1.165, 1.54) is 17.2 Å². The Morgan fingerprint density at radius 1 is 1.04 bits per heavy atom. The molecule has 1 amide bonds. The van der Waals surface area contributed by atoms with Crippen molar-refractivity contribution in [1.82, 2.24) is 10.6 Å². The fraction of sp³-hybridized carbons (Fsp3) is 0.350. The lowest BCUT2D eigenvalue weighted by Crippen LogP contribution is -2.42. The number of piperidine rings is 1. The Bertz CT molecular complexity index is 757. The standard InChI is InChI=1S/C20H23FN2O.ClH/c1-13-3-4-15(11-14(13)2)16-5-6-18(19(21)12-16)20(24)23-17-7-9-22-10-8-17;/h3-6,11-12,17,22H,7-10H2,1-2H3,(H,23,24);1H. The molecule has 0 spiro atoms. The van der Waals surface area contributed by atoms with E-state index in [-0.39, 0.29) is 29.9 Å². The van der Waals surface area contributed by atoms with Crippen molar-refractivity contribution < 1.29 is 9.18 Å². The van der Waals surface area contributed by atoms with Crippen molar-refractivity contribution in [3.05, 3.63) is 58.9 Å². The molecule has 1 fully saturated rings. The number of aryl methyl sites for hydroxylation is 2. The summed E-state index contributed by atoms with van der Waals surface area (Å²) in [6.07, 6.45) is 1.77. The predicted octanol–water partition coefficient (Wildman–Crippen LogP) is 4.01. The summed E-state index contributed by atoms with van der Waals surface area (Å²) >= 11 is 0. The zero-order valence-corrected chi connectivity index (χ0v) is 15.4. The van der Waals surface area contributed by atoms with Crippen LogP contribution in [0.15, 0.2) is 36.4 Å². The summed E-state index contributed by atoms with van der Waals surface area (Å²) < 4.78 is 14.4. The van der Waals surface area contributed by atoms with Gasteiger partial charge in [0.05, 0.1) is 5.56 Å². The third-order valence-corrected chi connectivity index (χ3v) is 4.73. The lowest BCUT2D eigenvalue weighted by Gasteiger charge is -2.23. The Hall–Kier alpha value is -1.91. The van der Waals surface area contributed by atoms with Crippen molar-refractivity contribution >= 4 is 18.3 Å². The molecule has 0 aromatic heterocycles. The van der Waals surface area contributed by atoms with Crippen LogP contribution in [0.2, 0.25) is 0 Å². The molecule has 2 aromatic rings. The maximum absolute atomic E-state index is 14.4. The van der Waals surface area contributed by atoms with Crippen LogP contribution in [0.4, 0.5) is 4.39 Å². The second-order valence-electron chi connectivity index (χ2n) is 6.49. The van der Waals surface area contributed by atoms with E-state index < -0.39 is 5.82 Å². The number of carbonyl (C=O) groups is 1. The summed E-state index contributed by atoms with van der Waals surface area (Å²) in [4.78, 5) is 12.3. The van der Waals surface area contributed by atoms with Gasteiger partial charge in [0, 0.05) is 6.04 Å². The summed E-state index contributed by atoms with van der Waals surface area (Å²) in [5.74, 6) is -0.803. The minimum Gasteiger partial charge on any atom is -0.349 e. The number of nitrogens with one attached hydrogen (secondary N) is 2. The van der Waals surface area contributed by atoms with Crippen LogP contribution in [0.25, 0.3) is 11.1 Å². The topological polar surface area (TPSA) is 41.1 Å². The first-order chi connectivity index (χ1) is 11.5. The van der Waals surface area contributed by atoms with E-state index >= 15 is 0 Å². The molecular weight excluding hydrogens is 339 g/mol. The SMILES string of the molecule is Cc1ccc(-c2ccc(C(=O)NC3CCNCC3)c(F)c2)cc1C.Cl. The first-order valence-corrected chi connectivity index (χ1v) is 8.43. The molecule has 0 unspecified atom stereocenters. The van der Waals surface area contributed by atoms with Gasteiger partial charge in [-0.25, -0.2) is 4.39 Å². The molecule has 0 atom stereocenters. The second-order valence-corrected chi connectivity index (χ2v) is 6.49. The smallest absolute Gasteiger partial charge is 0.254 e. The second kappa shape index (κ2) is 8.45. The average molecular weight is 363 g/mol. The molecule has 2 aromatic carbocycles. The van der Waals surface area contributed by atoms with Crippen LogP contribution >= 0.6 is 12.4 Å². The Balaban J connectivity index is 0.00000225. The van der Waals surface area contributed by atoms with Gasteiger partial charge >= 0.3 is 0 Å². The van der Waals surface area contributed by atoms with Crippen molar-refractivity contribution in [2.45, 2.75) is 32.7 Å². The van der Waals surface area contributed by atoms with Crippen molar-refractivity contribution in [3.63, 3.8) is 0 Å². The number of hydrogen-bond acceptors (Lipinski definition) is 2. The van der Waals surface area contributed by atoms with Gasteiger partial charge in [0.15, 0.2) is 0 Å². The lowest BCUT2D eigenvalue weighted by molar-refractivity contribution is 0.0925. The van der Waals surface area contributed by atoms with E-state index in [1.54, 1.807) is 6.07 Å². The molecule has 25 heavy (non-hydrogen) atoms. The van der Waals surface area contributed by atoms with Crippen molar-refractivity contribution in [3.8, 4) is 11.1 Å². The largest absolute Gasteiger partial charge is 0.349 e. The minimum atomic E-state index is -0.475. The van der Waals surface area contributed by atoms with Crippen LogP contribution in [0.1, 0.15) is 34.3 Å². The number of carbonyl (C=O) groups excluding carboxylic acids is 1. The van der Waals surface area contributed by atoms with Gasteiger partial charge in [-0.15, -0.1) is 12.4 Å². The highest BCUT2D eigenvalue weighted by Gasteiger charge is 2.19. The molecule has 134 valence electrons. The summed E-state index contributed by atoms with van der Waals surface area (Å²) in [7, 11) is 0. The number of rotatable bonds is 3. The number of hydrogen-bond donors (Lipinski definition) is 2. The summed E-state index contributed by atoms with van der Waals surface area (Å²) in [5, 5.41) is 6.18. The van der Waals surface area contributed by atoms with Crippen LogP contribution in [-0.2, 0) is 0 Å². The van der Waals surface area contributed by atoms with Gasteiger partial charge in [-0.1, -0.05) is 24.3 Å². The molecule has 2 N–H and O–H groups in total. The molecule has 0 saturated carbocycles. The highest BCUT2D eigenvalue weighted by atomic mass is 35.5. The molecule has 0 bridgehead atoms. The van der Waals surface area contributed by atoms with E-state index in [0.717, 1.165) is 37.1 Å². The summed E-state index contributed by atoms with van der Waals surface area (Å²) in [6, 6.07) is 11.0. The van der Waals surface area contributed by atoms with E-state index in [2.05, 4.69) is 10.6 Å². The van der Waals surface area contributed by atoms with Crippen molar-refractivity contribution in [1.29, 1.82) is 0 Å². The molecule has 1 saturated heterocycles. The van der Waals surface area contributed by atoms with Gasteiger partial charge in [-0.3, -0.25) is 4.79 Å². The highest BCUT2D eigenvalue weighted by Crippen LogP contribution is 2.24. The maximum Gasteiger partial charge on any atom is 0.254 e. The molecule has 3 rings (SSSR count). The Morgan fingerprint density at radius 3 is 2.32 bits per heavy atom. The van der Waals surface area contributed by atoms with E-state index in [4.69, 9.17) is 0 Å². The number of halogens is 2. The van der Waals surface area contributed by atoms with Crippen molar-refractivity contribution in [2.24, 2.45) is 0 Å². The Kier molecular flexibility index (Phi) is 6.57. The average Bonchev–Trinajstić information content (AvgIpc) is 2.58. The van der Waals surface area contributed by atoms with Crippen LogP contribution in [0, 0.1) is 19.7 Å². The lowest BCUT2D eigenvalue weighted by atomic mass is 9.99. The number of amides is 1. The zero-order valence-electron chi connectivity index (χ0n) is 14.6. The Labute approximate surface area is 154 Å². The van der Waals surface area contributed by atoms with Gasteiger partial charge in [-0.05, 0) is 74.2 Å². The first-order valence-electron chi connectivity index (χ1n) is 8.43. The molecule has 5 heteroatoms. The quantitative estimate of drug-likeness (QED) is 0.866. The van der Waals surface area contributed by atoms with E-state index in [0.29, 0.717) is 0 Å².